The van der Waals surface area contributed by atoms with E-state index in [0.29, 0.717) is 21.3 Å². The molecule has 0 aliphatic heterocycles. The van der Waals surface area contributed by atoms with Crippen LogP contribution in [0.2, 0.25) is 0 Å². The zero-order valence-corrected chi connectivity index (χ0v) is 22.5. The summed E-state index contributed by atoms with van der Waals surface area (Å²) >= 11 is 1.11. The Kier molecular flexibility index (Phi) is 7.77. The Labute approximate surface area is 227 Å². The van der Waals surface area contributed by atoms with Crippen molar-refractivity contribution in [3.8, 4) is 10.4 Å². The second kappa shape index (κ2) is 10.9. The van der Waals surface area contributed by atoms with Gasteiger partial charge in [0.15, 0.2) is 0 Å². The molecule has 3 heterocycles. The molecular weight excluding hydrogens is 525 g/mol. The number of nitrogens with zero attached hydrogens (tertiary/aromatic N) is 5. The molecule has 204 valence electrons. The summed E-state index contributed by atoms with van der Waals surface area (Å²) in [6, 6.07) is 10.8. The maximum Gasteiger partial charge on any atom is 0.251 e. The number of hydrogen-bond acceptors (Lipinski definition) is 9. The van der Waals surface area contributed by atoms with Crippen LogP contribution in [0.3, 0.4) is 0 Å². The molecule has 0 aliphatic carbocycles. The van der Waals surface area contributed by atoms with E-state index in [1.165, 1.54) is 34.0 Å². The molecule has 1 atom stereocenters. The lowest BCUT2D eigenvalue weighted by Crippen LogP contribution is -2.26. The van der Waals surface area contributed by atoms with E-state index < -0.39 is 23.4 Å². The van der Waals surface area contributed by atoms with Crippen molar-refractivity contribution in [1.29, 1.82) is 0 Å². The summed E-state index contributed by atoms with van der Waals surface area (Å²) in [6.07, 6.45) is 0.232. The molecule has 4 rings (SSSR count). The Bertz CT molecular complexity index is 1530. The number of thiophene rings is 1. The van der Waals surface area contributed by atoms with Crippen LogP contribution in [0.5, 0.6) is 0 Å². The Morgan fingerprint density at radius 1 is 1.21 bits per heavy atom. The summed E-state index contributed by atoms with van der Waals surface area (Å²) in [5.74, 6) is -1.15. The summed E-state index contributed by atoms with van der Waals surface area (Å²) in [6.45, 7) is 3.09. The minimum absolute atomic E-state index is 0.0283. The van der Waals surface area contributed by atoms with Crippen LogP contribution in [0.4, 0.5) is 15.2 Å². The van der Waals surface area contributed by atoms with E-state index in [1.54, 1.807) is 52.2 Å². The highest BCUT2D eigenvalue weighted by Crippen LogP contribution is 2.39. The third kappa shape index (κ3) is 6.28. The molecule has 4 aromatic rings. The molecule has 5 N–H and O–H groups in total. The van der Waals surface area contributed by atoms with Gasteiger partial charge >= 0.3 is 0 Å². The Morgan fingerprint density at radius 3 is 2.59 bits per heavy atom. The van der Waals surface area contributed by atoms with E-state index in [4.69, 9.17) is 5.73 Å². The SMILES string of the molecule is CN(C)C(=O)Cn1cc(C(O)c2cccc(Nc3sc(-c4ccc(C(C)(C)O)cc4F)cc3C(N)=O)n2)nn1. The van der Waals surface area contributed by atoms with Crippen molar-refractivity contribution in [2.75, 3.05) is 19.4 Å². The number of benzene rings is 1. The molecule has 11 nitrogen and oxygen atoms in total. The highest BCUT2D eigenvalue weighted by atomic mass is 32.1. The van der Waals surface area contributed by atoms with Gasteiger partial charge in [0.25, 0.3) is 5.91 Å². The van der Waals surface area contributed by atoms with Crippen molar-refractivity contribution >= 4 is 34.0 Å². The number of aromatic nitrogens is 4. The molecule has 1 unspecified atom stereocenters. The molecule has 0 aliphatic rings. The van der Waals surface area contributed by atoms with E-state index in [0.717, 1.165) is 11.3 Å². The number of aliphatic hydroxyl groups is 2. The van der Waals surface area contributed by atoms with E-state index >= 15 is 0 Å². The monoisotopic (exact) mass is 553 g/mol. The van der Waals surface area contributed by atoms with Crippen LogP contribution in [-0.2, 0) is 16.9 Å². The van der Waals surface area contributed by atoms with Gasteiger partial charge in [0.2, 0.25) is 5.91 Å². The number of rotatable bonds is 9. The number of nitrogens with one attached hydrogen (secondary N) is 1. The van der Waals surface area contributed by atoms with E-state index in [-0.39, 0.29) is 35.0 Å². The van der Waals surface area contributed by atoms with Gasteiger partial charge < -0.3 is 26.2 Å². The number of carbonyl (C=O) groups excluding carboxylic acids is 2. The fraction of sp³-hybridized carbons (Fsp3) is 0.269. The van der Waals surface area contributed by atoms with Crippen LogP contribution in [-0.4, -0.2) is 61.0 Å². The minimum Gasteiger partial charge on any atom is -0.386 e. The van der Waals surface area contributed by atoms with Crippen LogP contribution < -0.4 is 11.1 Å². The van der Waals surface area contributed by atoms with Crippen molar-refractivity contribution in [2.45, 2.75) is 32.1 Å². The molecule has 3 aromatic heterocycles. The van der Waals surface area contributed by atoms with E-state index in [1.807, 2.05) is 0 Å². The van der Waals surface area contributed by atoms with Gasteiger partial charge in [0.05, 0.1) is 23.1 Å². The standard InChI is InChI=1S/C26H28FN7O4S/c1-26(2,38)14-8-9-15(17(27)10-14)20-11-16(24(28)37)25(39-20)30-21-7-5-6-18(29-21)23(36)19-12-34(32-31-19)13-22(35)33(3)4/h5-12,23,36,38H,13H2,1-4H3,(H2,28,37)(H,29,30). The van der Waals surface area contributed by atoms with Crippen LogP contribution in [0, 0.1) is 5.82 Å². The highest BCUT2D eigenvalue weighted by Gasteiger charge is 2.22. The first-order chi connectivity index (χ1) is 18.3. The van der Waals surface area contributed by atoms with Crippen molar-refractivity contribution in [2.24, 2.45) is 5.73 Å². The zero-order valence-electron chi connectivity index (χ0n) is 21.7. The largest absolute Gasteiger partial charge is 0.386 e. The zero-order chi connectivity index (χ0) is 28.5. The van der Waals surface area contributed by atoms with Gasteiger partial charge in [0, 0.05) is 24.5 Å². The lowest BCUT2D eigenvalue weighted by Gasteiger charge is -2.18. The van der Waals surface area contributed by atoms with E-state index in [9.17, 15) is 24.2 Å². The van der Waals surface area contributed by atoms with E-state index in [2.05, 4.69) is 20.6 Å². The van der Waals surface area contributed by atoms with Gasteiger partial charge in [-0.2, -0.15) is 0 Å². The van der Waals surface area contributed by atoms with Crippen LogP contribution >= 0.6 is 11.3 Å². The number of nitrogens with two attached hydrogens (primary N) is 1. The predicted octanol–water partition coefficient (Wildman–Crippen LogP) is 2.78. The Balaban J connectivity index is 1.58. The van der Waals surface area contributed by atoms with Crippen molar-refractivity contribution in [3.63, 3.8) is 0 Å². The molecule has 39 heavy (non-hydrogen) atoms. The van der Waals surface area contributed by atoms with Gasteiger partial charge in [-0.05, 0) is 43.7 Å². The van der Waals surface area contributed by atoms with Crippen LogP contribution in [0.1, 0.15) is 47.3 Å². The first kappa shape index (κ1) is 27.8. The molecule has 0 saturated carbocycles. The number of halogens is 1. The summed E-state index contributed by atoms with van der Waals surface area (Å²) in [7, 11) is 3.25. The molecule has 0 radical (unpaired) electrons. The fourth-order valence-electron chi connectivity index (χ4n) is 3.63. The average molecular weight is 554 g/mol. The van der Waals surface area contributed by atoms with Crippen molar-refractivity contribution in [1.82, 2.24) is 24.9 Å². The number of carbonyl (C=O) groups is 2. The second-order valence-corrected chi connectivity index (χ2v) is 10.6. The number of hydrogen-bond donors (Lipinski definition) is 4. The quantitative estimate of drug-likeness (QED) is 0.246. The van der Waals surface area contributed by atoms with Gasteiger partial charge in [-0.25, -0.2) is 14.1 Å². The summed E-state index contributed by atoms with van der Waals surface area (Å²) < 4.78 is 16.3. The van der Waals surface area contributed by atoms with Crippen LogP contribution in [0.15, 0.2) is 48.7 Å². The maximum atomic E-state index is 14.9. The van der Waals surface area contributed by atoms with Crippen molar-refractivity contribution < 1.29 is 24.2 Å². The minimum atomic E-state index is -1.23. The van der Waals surface area contributed by atoms with Gasteiger partial charge in [-0.15, -0.1) is 16.4 Å². The Morgan fingerprint density at radius 2 is 1.95 bits per heavy atom. The number of anilines is 2. The Hall–Kier alpha value is -4.20. The number of likely N-dealkylation sites (N-methyl/N-ethyl adjacent to an activating group) is 1. The molecule has 1 aromatic carbocycles. The topological polar surface area (TPSA) is 159 Å². The summed E-state index contributed by atoms with van der Waals surface area (Å²) in [4.78, 5) is 30.4. The molecular formula is C26H28FN7O4S. The molecule has 13 heteroatoms. The second-order valence-electron chi connectivity index (χ2n) is 9.58. The average Bonchev–Trinajstić information content (AvgIpc) is 3.50. The number of pyridine rings is 1. The van der Waals surface area contributed by atoms with Gasteiger partial charge in [0.1, 0.15) is 35.0 Å². The number of amides is 2. The summed E-state index contributed by atoms with van der Waals surface area (Å²) in [5.41, 5.74) is 5.63. The lowest BCUT2D eigenvalue weighted by molar-refractivity contribution is -0.129. The normalized spacial score (nSPS) is 12.3. The van der Waals surface area contributed by atoms with Crippen molar-refractivity contribution in [3.05, 3.63) is 77.0 Å². The maximum absolute atomic E-state index is 14.9. The highest BCUT2D eigenvalue weighted by molar-refractivity contribution is 7.20. The molecule has 2 amide bonds. The van der Waals surface area contributed by atoms with Gasteiger partial charge in [-0.1, -0.05) is 23.4 Å². The molecule has 0 saturated heterocycles. The first-order valence-electron chi connectivity index (χ1n) is 11.8. The molecule has 0 bridgehead atoms. The predicted molar refractivity (Wildman–Crippen MR) is 144 cm³/mol. The first-order valence-corrected chi connectivity index (χ1v) is 12.6. The molecule has 0 fully saturated rings. The lowest BCUT2D eigenvalue weighted by atomic mass is 9.96. The smallest absolute Gasteiger partial charge is 0.251 e. The summed E-state index contributed by atoms with van der Waals surface area (Å²) in [5, 5.41) is 32.2. The molecule has 0 spiro atoms. The number of aliphatic hydroxyl groups excluding tert-OH is 1. The number of primary amides is 1. The fourth-order valence-corrected chi connectivity index (χ4v) is 4.73. The van der Waals surface area contributed by atoms with Crippen LogP contribution in [0.25, 0.3) is 10.4 Å². The third-order valence-electron chi connectivity index (χ3n) is 5.86. The van der Waals surface area contributed by atoms with Gasteiger partial charge in [-0.3, -0.25) is 9.59 Å². The third-order valence-corrected chi connectivity index (χ3v) is 6.95.